The molecule has 0 saturated carbocycles. The lowest BCUT2D eigenvalue weighted by molar-refractivity contribution is 0.626. The zero-order valence-electron chi connectivity index (χ0n) is 9.48. The number of nitrogens with two attached hydrogens (primary N) is 1. The van der Waals surface area contributed by atoms with E-state index < -0.39 is 5.82 Å². The minimum Gasteiger partial charge on any atom is -0.368 e. The van der Waals surface area contributed by atoms with Gasteiger partial charge in [-0.25, -0.2) is 14.4 Å². The molecule has 0 bridgehead atoms. The highest BCUT2D eigenvalue weighted by molar-refractivity contribution is 6.30. The van der Waals surface area contributed by atoms with Gasteiger partial charge in [-0.1, -0.05) is 17.7 Å². The molecule has 2 rings (SSSR count). The molecule has 0 fully saturated rings. The number of aromatic nitrogens is 2. The number of nitrogens with zero attached hydrogens (tertiary/aromatic N) is 2. The van der Waals surface area contributed by atoms with E-state index in [9.17, 15) is 4.39 Å². The van der Waals surface area contributed by atoms with E-state index in [-0.39, 0.29) is 11.1 Å². The summed E-state index contributed by atoms with van der Waals surface area (Å²) in [5.41, 5.74) is 6.74. The molecule has 18 heavy (non-hydrogen) atoms. The summed E-state index contributed by atoms with van der Waals surface area (Å²) in [5, 5.41) is 3.14. The molecule has 0 aliphatic carbocycles. The molecular weight excluding hydrogens is 255 g/mol. The first kappa shape index (κ1) is 12.7. The van der Waals surface area contributed by atoms with Crippen LogP contribution in [0, 0.1) is 5.82 Å². The Bertz CT molecular complexity index is 521. The summed E-state index contributed by atoms with van der Waals surface area (Å²) in [4.78, 5) is 7.82. The van der Waals surface area contributed by atoms with Crippen LogP contribution in [-0.4, -0.2) is 16.5 Å². The summed E-state index contributed by atoms with van der Waals surface area (Å²) in [5.74, 6) is 0.241. The minimum absolute atomic E-state index is 0.0741. The molecule has 2 aromatic rings. The smallest absolute Gasteiger partial charge is 0.141 e. The van der Waals surface area contributed by atoms with Gasteiger partial charge in [0.25, 0.3) is 0 Å². The topological polar surface area (TPSA) is 63.8 Å². The van der Waals surface area contributed by atoms with Crippen molar-refractivity contribution in [3.63, 3.8) is 0 Å². The van der Waals surface area contributed by atoms with Crippen molar-refractivity contribution in [2.45, 2.75) is 6.04 Å². The lowest BCUT2D eigenvalue weighted by Crippen LogP contribution is -2.21. The van der Waals surface area contributed by atoms with E-state index in [0.717, 1.165) is 5.56 Å². The van der Waals surface area contributed by atoms with Crippen LogP contribution in [0.25, 0.3) is 0 Å². The average Bonchev–Trinajstić information content (AvgIpc) is 2.40. The van der Waals surface area contributed by atoms with Crippen LogP contribution in [0.4, 0.5) is 10.2 Å². The summed E-state index contributed by atoms with van der Waals surface area (Å²) >= 11 is 5.70. The number of hydrogen-bond acceptors (Lipinski definition) is 4. The fourth-order valence-corrected chi connectivity index (χ4v) is 1.66. The van der Waals surface area contributed by atoms with Crippen molar-refractivity contribution in [3.8, 4) is 0 Å². The molecule has 6 heteroatoms. The molecule has 0 unspecified atom stereocenters. The Labute approximate surface area is 109 Å². The molecule has 1 aromatic carbocycles. The fourth-order valence-electron chi connectivity index (χ4n) is 1.47. The number of rotatable bonds is 4. The second-order valence-electron chi connectivity index (χ2n) is 3.76. The van der Waals surface area contributed by atoms with E-state index in [2.05, 4.69) is 15.3 Å². The minimum atomic E-state index is -0.448. The van der Waals surface area contributed by atoms with Gasteiger partial charge in [0.05, 0.1) is 5.02 Å². The van der Waals surface area contributed by atoms with Crippen LogP contribution >= 0.6 is 11.6 Å². The fraction of sp³-hybridized carbons (Fsp3) is 0.167. The van der Waals surface area contributed by atoms with E-state index in [0.29, 0.717) is 12.4 Å². The highest BCUT2D eigenvalue weighted by Gasteiger charge is 2.08. The molecule has 0 aliphatic rings. The first-order valence-electron chi connectivity index (χ1n) is 5.37. The van der Waals surface area contributed by atoms with E-state index >= 15 is 0 Å². The van der Waals surface area contributed by atoms with Gasteiger partial charge in [-0.15, -0.1) is 0 Å². The zero-order chi connectivity index (χ0) is 13.0. The maximum absolute atomic E-state index is 13.0. The maximum atomic E-state index is 13.0. The average molecular weight is 267 g/mol. The number of anilines is 1. The molecule has 3 N–H and O–H groups in total. The van der Waals surface area contributed by atoms with E-state index in [1.54, 1.807) is 18.3 Å². The number of nitrogens with one attached hydrogen (secondary N) is 1. The Morgan fingerprint density at radius 2 is 2.22 bits per heavy atom. The molecule has 4 nitrogen and oxygen atoms in total. The summed E-state index contributed by atoms with van der Waals surface area (Å²) in [6.45, 7) is 0.471. The number of benzene rings is 1. The second-order valence-corrected chi connectivity index (χ2v) is 4.16. The SMILES string of the molecule is N[C@H](CNc1ccncn1)c1ccc(F)c(Cl)c1. The number of hydrogen-bond donors (Lipinski definition) is 2. The van der Waals surface area contributed by atoms with Crippen molar-refractivity contribution in [3.05, 3.63) is 53.2 Å². The zero-order valence-corrected chi connectivity index (χ0v) is 10.2. The monoisotopic (exact) mass is 266 g/mol. The molecule has 0 saturated heterocycles. The van der Waals surface area contributed by atoms with E-state index in [1.807, 2.05) is 0 Å². The third-order valence-corrected chi connectivity index (χ3v) is 2.75. The molecule has 0 amide bonds. The molecule has 1 atom stereocenters. The maximum Gasteiger partial charge on any atom is 0.141 e. The van der Waals surface area contributed by atoms with Crippen LogP contribution in [0.5, 0.6) is 0 Å². The largest absolute Gasteiger partial charge is 0.368 e. The van der Waals surface area contributed by atoms with Crippen LogP contribution in [0.3, 0.4) is 0 Å². The predicted molar refractivity (Wildman–Crippen MR) is 68.9 cm³/mol. The van der Waals surface area contributed by atoms with Crippen LogP contribution in [0.15, 0.2) is 36.8 Å². The van der Waals surface area contributed by atoms with Crippen molar-refractivity contribution < 1.29 is 4.39 Å². The predicted octanol–water partition coefficient (Wildman–Crippen LogP) is 2.38. The van der Waals surface area contributed by atoms with Crippen molar-refractivity contribution in [2.75, 3.05) is 11.9 Å². The Kier molecular flexibility index (Phi) is 4.07. The van der Waals surface area contributed by atoms with Crippen molar-refractivity contribution in [1.29, 1.82) is 0 Å². The van der Waals surface area contributed by atoms with Gasteiger partial charge in [-0.05, 0) is 23.8 Å². The summed E-state index contributed by atoms with van der Waals surface area (Å²) < 4.78 is 13.0. The van der Waals surface area contributed by atoms with Crippen molar-refractivity contribution in [2.24, 2.45) is 5.73 Å². The quantitative estimate of drug-likeness (QED) is 0.892. The van der Waals surface area contributed by atoms with Crippen LogP contribution in [0.1, 0.15) is 11.6 Å². The molecular formula is C12H12ClFN4. The molecule has 0 aliphatic heterocycles. The lowest BCUT2D eigenvalue weighted by Gasteiger charge is -2.13. The standard InChI is InChI=1S/C12H12ClFN4/c13-9-5-8(1-2-10(9)14)11(15)6-17-12-3-4-16-7-18-12/h1-5,7,11H,6,15H2,(H,16,17,18)/t11-/m1/s1. The Hall–Kier alpha value is -1.72. The second kappa shape index (κ2) is 5.75. The van der Waals surface area contributed by atoms with E-state index in [1.165, 1.54) is 18.5 Å². The van der Waals surface area contributed by atoms with Gasteiger partial charge in [0.1, 0.15) is 18.0 Å². The van der Waals surface area contributed by atoms with Gasteiger partial charge < -0.3 is 11.1 Å². The first-order valence-corrected chi connectivity index (χ1v) is 5.75. The van der Waals surface area contributed by atoms with Crippen LogP contribution in [0.2, 0.25) is 5.02 Å². The molecule has 0 radical (unpaired) electrons. The van der Waals surface area contributed by atoms with E-state index in [4.69, 9.17) is 17.3 Å². The Morgan fingerprint density at radius 1 is 1.39 bits per heavy atom. The molecule has 1 aromatic heterocycles. The van der Waals surface area contributed by atoms with Gasteiger partial charge in [0.2, 0.25) is 0 Å². The van der Waals surface area contributed by atoms with Crippen LogP contribution < -0.4 is 11.1 Å². The van der Waals surface area contributed by atoms with Gasteiger partial charge in [0.15, 0.2) is 0 Å². The highest BCUT2D eigenvalue weighted by atomic mass is 35.5. The molecule has 1 heterocycles. The number of halogens is 2. The molecule has 0 spiro atoms. The first-order chi connectivity index (χ1) is 8.66. The summed E-state index contributed by atoms with van der Waals surface area (Å²) in [6.07, 6.45) is 3.08. The van der Waals surface area contributed by atoms with Crippen LogP contribution in [-0.2, 0) is 0 Å². The van der Waals surface area contributed by atoms with Crippen molar-refractivity contribution >= 4 is 17.4 Å². The normalized spacial score (nSPS) is 12.2. The lowest BCUT2D eigenvalue weighted by atomic mass is 10.1. The molecule has 94 valence electrons. The van der Waals surface area contributed by atoms with Crippen molar-refractivity contribution in [1.82, 2.24) is 9.97 Å². The van der Waals surface area contributed by atoms with Gasteiger partial charge in [-0.2, -0.15) is 0 Å². The van der Waals surface area contributed by atoms with Gasteiger partial charge >= 0.3 is 0 Å². The highest BCUT2D eigenvalue weighted by Crippen LogP contribution is 2.19. The van der Waals surface area contributed by atoms with Gasteiger partial charge in [-0.3, -0.25) is 0 Å². The Balaban J connectivity index is 1.99. The Morgan fingerprint density at radius 3 is 2.89 bits per heavy atom. The third kappa shape index (κ3) is 3.15. The summed E-state index contributed by atoms with van der Waals surface area (Å²) in [6, 6.07) is 5.90. The summed E-state index contributed by atoms with van der Waals surface area (Å²) in [7, 11) is 0. The third-order valence-electron chi connectivity index (χ3n) is 2.46. The van der Waals surface area contributed by atoms with Gasteiger partial charge in [0, 0.05) is 18.8 Å².